The second-order valence-corrected chi connectivity index (χ2v) is 3.29. The van der Waals surface area contributed by atoms with Crippen LogP contribution in [-0.4, -0.2) is 29.1 Å². The van der Waals surface area contributed by atoms with Crippen LogP contribution >= 0.6 is 12.2 Å². The van der Waals surface area contributed by atoms with Gasteiger partial charge in [0.1, 0.15) is 6.61 Å². The van der Waals surface area contributed by atoms with Crippen molar-refractivity contribution in [2.45, 2.75) is 0 Å². The van der Waals surface area contributed by atoms with E-state index in [1.165, 1.54) is 4.90 Å². The molecule has 0 saturated carbocycles. The van der Waals surface area contributed by atoms with Gasteiger partial charge in [-0.3, -0.25) is 9.69 Å². The van der Waals surface area contributed by atoms with E-state index in [1.54, 1.807) is 12.1 Å². The molecule has 1 aromatic carbocycles. The lowest BCUT2D eigenvalue weighted by atomic mass is 10.2. The molecule has 0 atom stereocenters. The van der Waals surface area contributed by atoms with E-state index in [0.29, 0.717) is 18.7 Å². The first-order valence-electron chi connectivity index (χ1n) is 4.33. The molecular weight excluding hydrogens is 198 g/mol. The highest BCUT2D eigenvalue weighted by molar-refractivity contribution is 7.80. The van der Waals surface area contributed by atoms with Crippen molar-refractivity contribution < 1.29 is 9.53 Å². The molecule has 0 spiro atoms. The molecule has 1 aliphatic heterocycles. The summed E-state index contributed by atoms with van der Waals surface area (Å²) in [6.45, 7) is 1.05. The van der Waals surface area contributed by atoms with Gasteiger partial charge in [0.2, 0.25) is 0 Å². The number of ether oxygens (including phenoxy) is 1. The average molecular weight is 207 g/mol. The van der Waals surface area contributed by atoms with Crippen LogP contribution in [0.15, 0.2) is 30.3 Å². The van der Waals surface area contributed by atoms with Gasteiger partial charge in [0.15, 0.2) is 0 Å². The Kier molecular flexibility index (Phi) is 2.45. The molecule has 0 aliphatic carbocycles. The molecule has 1 saturated heterocycles. The monoisotopic (exact) mass is 207 g/mol. The van der Waals surface area contributed by atoms with Crippen LogP contribution in [-0.2, 0) is 4.74 Å². The first-order chi connectivity index (χ1) is 6.79. The Hall–Kier alpha value is -1.42. The molecule has 0 bridgehead atoms. The van der Waals surface area contributed by atoms with Crippen LogP contribution in [0.5, 0.6) is 0 Å². The zero-order chi connectivity index (χ0) is 9.97. The number of benzene rings is 1. The highest BCUT2D eigenvalue weighted by Gasteiger charge is 2.25. The molecule has 2 rings (SSSR count). The Morgan fingerprint density at radius 2 is 2.07 bits per heavy atom. The van der Waals surface area contributed by atoms with Crippen LogP contribution in [0.4, 0.5) is 0 Å². The number of nitrogens with zero attached hydrogens (tertiary/aromatic N) is 1. The topological polar surface area (TPSA) is 29.5 Å². The van der Waals surface area contributed by atoms with Crippen LogP contribution in [0.1, 0.15) is 10.4 Å². The maximum Gasteiger partial charge on any atom is 0.266 e. The number of rotatable bonds is 1. The largest absolute Gasteiger partial charge is 0.469 e. The fourth-order valence-corrected chi connectivity index (χ4v) is 1.57. The van der Waals surface area contributed by atoms with E-state index in [-0.39, 0.29) is 11.1 Å². The molecule has 1 aromatic rings. The van der Waals surface area contributed by atoms with Crippen molar-refractivity contribution in [2.75, 3.05) is 13.2 Å². The summed E-state index contributed by atoms with van der Waals surface area (Å²) in [5, 5.41) is 0.277. The summed E-state index contributed by atoms with van der Waals surface area (Å²) in [6.07, 6.45) is 0. The lowest BCUT2D eigenvalue weighted by Gasteiger charge is -2.12. The van der Waals surface area contributed by atoms with Crippen LogP contribution in [0.2, 0.25) is 0 Å². The second kappa shape index (κ2) is 3.75. The molecule has 1 heterocycles. The average Bonchev–Trinajstić information content (AvgIpc) is 2.65. The molecule has 1 fully saturated rings. The Morgan fingerprint density at radius 3 is 2.64 bits per heavy atom. The normalized spacial score (nSPS) is 15.4. The van der Waals surface area contributed by atoms with Crippen molar-refractivity contribution in [3.63, 3.8) is 0 Å². The number of carbonyl (C=O) groups excluding carboxylic acids is 1. The molecule has 1 amide bonds. The molecule has 0 unspecified atom stereocenters. The van der Waals surface area contributed by atoms with Crippen LogP contribution < -0.4 is 0 Å². The minimum Gasteiger partial charge on any atom is -0.469 e. The van der Waals surface area contributed by atoms with E-state index in [1.807, 2.05) is 18.2 Å². The zero-order valence-corrected chi connectivity index (χ0v) is 8.29. The van der Waals surface area contributed by atoms with Gasteiger partial charge in [-0.05, 0) is 24.4 Å². The Bertz CT molecular complexity index is 364. The molecule has 1 aliphatic rings. The predicted octanol–water partition coefficient (Wildman–Crippen LogP) is 1.44. The molecule has 3 nitrogen and oxygen atoms in total. The Balaban J connectivity index is 2.20. The third-order valence-corrected chi connectivity index (χ3v) is 2.36. The van der Waals surface area contributed by atoms with Gasteiger partial charge in [0.05, 0.1) is 6.54 Å². The van der Waals surface area contributed by atoms with E-state index in [0.717, 1.165) is 0 Å². The van der Waals surface area contributed by atoms with E-state index in [9.17, 15) is 4.79 Å². The van der Waals surface area contributed by atoms with Crippen LogP contribution in [0.3, 0.4) is 0 Å². The van der Waals surface area contributed by atoms with Gasteiger partial charge in [-0.25, -0.2) is 0 Å². The molecule has 4 heteroatoms. The zero-order valence-electron chi connectivity index (χ0n) is 7.47. The SMILES string of the molecule is O=C(c1ccccc1)N1CCOC1=S. The van der Waals surface area contributed by atoms with Crippen molar-refractivity contribution in [3.8, 4) is 0 Å². The van der Waals surface area contributed by atoms with E-state index in [2.05, 4.69) is 0 Å². The third-order valence-electron chi connectivity index (χ3n) is 2.03. The highest BCUT2D eigenvalue weighted by Crippen LogP contribution is 2.10. The molecule has 0 N–H and O–H groups in total. The number of hydrogen-bond acceptors (Lipinski definition) is 3. The highest BCUT2D eigenvalue weighted by atomic mass is 32.1. The van der Waals surface area contributed by atoms with Crippen molar-refractivity contribution in [1.82, 2.24) is 4.90 Å². The van der Waals surface area contributed by atoms with Crippen molar-refractivity contribution in [1.29, 1.82) is 0 Å². The first kappa shape index (κ1) is 9.15. The van der Waals surface area contributed by atoms with E-state index < -0.39 is 0 Å². The smallest absolute Gasteiger partial charge is 0.266 e. The molecule has 0 aromatic heterocycles. The second-order valence-electron chi connectivity index (χ2n) is 2.94. The Labute approximate surface area is 87.3 Å². The van der Waals surface area contributed by atoms with Gasteiger partial charge in [-0.2, -0.15) is 0 Å². The fraction of sp³-hybridized carbons (Fsp3) is 0.200. The van der Waals surface area contributed by atoms with Gasteiger partial charge < -0.3 is 4.74 Å². The number of hydrogen-bond donors (Lipinski definition) is 0. The van der Waals surface area contributed by atoms with E-state index in [4.69, 9.17) is 17.0 Å². The number of carbonyl (C=O) groups is 1. The van der Waals surface area contributed by atoms with Gasteiger partial charge in [-0.15, -0.1) is 0 Å². The minimum atomic E-state index is -0.0897. The number of amides is 1. The molecule has 72 valence electrons. The van der Waals surface area contributed by atoms with Crippen molar-refractivity contribution in [3.05, 3.63) is 35.9 Å². The lowest BCUT2D eigenvalue weighted by molar-refractivity contribution is 0.0860. The quantitative estimate of drug-likeness (QED) is 0.653. The molecule has 0 radical (unpaired) electrons. The summed E-state index contributed by atoms with van der Waals surface area (Å²) in [4.78, 5) is 13.3. The fourth-order valence-electron chi connectivity index (χ4n) is 1.31. The lowest BCUT2D eigenvalue weighted by Crippen LogP contribution is -2.31. The number of thiocarbonyl (C=S) groups is 1. The molecular formula is C10H9NO2S. The van der Waals surface area contributed by atoms with Gasteiger partial charge in [-0.1, -0.05) is 18.2 Å². The first-order valence-corrected chi connectivity index (χ1v) is 4.73. The van der Waals surface area contributed by atoms with E-state index >= 15 is 0 Å². The summed E-state index contributed by atoms with van der Waals surface area (Å²) < 4.78 is 5.04. The maximum atomic E-state index is 11.8. The minimum absolute atomic E-state index is 0.0897. The summed E-state index contributed by atoms with van der Waals surface area (Å²) in [5.41, 5.74) is 0.639. The van der Waals surface area contributed by atoms with Gasteiger partial charge in [0, 0.05) is 5.56 Å². The van der Waals surface area contributed by atoms with Crippen LogP contribution in [0, 0.1) is 0 Å². The summed E-state index contributed by atoms with van der Waals surface area (Å²) in [5.74, 6) is -0.0897. The summed E-state index contributed by atoms with van der Waals surface area (Å²) >= 11 is 4.90. The van der Waals surface area contributed by atoms with Gasteiger partial charge >= 0.3 is 0 Å². The van der Waals surface area contributed by atoms with Crippen LogP contribution in [0.25, 0.3) is 0 Å². The van der Waals surface area contributed by atoms with Crippen molar-refractivity contribution in [2.24, 2.45) is 0 Å². The predicted molar refractivity (Wildman–Crippen MR) is 56.0 cm³/mol. The standard InChI is InChI=1S/C10H9NO2S/c12-9(8-4-2-1-3-5-8)11-6-7-13-10(11)14/h1-5H,6-7H2. The maximum absolute atomic E-state index is 11.8. The summed E-state index contributed by atoms with van der Waals surface area (Å²) in [7, 11) is 0. The van der Waals surface area contributed by atoms with Crippen molar-refractivity contribution >= 4 is 23.3 Å². The van der Waals surface area contributed by atoms with Gasteiger partial charge in [0.25, 0.3) is 11.1 Å². The third kappa shape index (κ3) is 1.61. The molecule has 14 heavy (non-hydrogen) atoms. The Morgan fingerprint density at radius 1 is 1.36 bits per heavy atom. The summed E-state index contributed by atoms with van der Waals surface area (Å²) in [6, 6.07) is 9.06.